The molecule has 0 amide bonds. The van der Waals surface area contributed by atoms with Gasteiger partial charge in [-0.2, -0.15) is 14.0 Å². The van der Waals surface area contributed by atoms with Crippen LogP contribution < -0.4 is 0 Å². The number of rotatable bonds is 4. The monoisotopic (exact) mass is 296 g/mol. The van der Waals surface area contributed by atoms with Crippen molar-refractivity contribution in [3.8, 4) is 6.07 Å². The maximum Gasteiger partial charge on any atom is 0.285 e. The molecule has 1 aromatic rings. The van der Waals surface area contributed by atoms with Gasteiger partial charge in [0.2, 0.25) is 0 Å². The van der Waals surface area contributed by atoms with Crippen molar-refractivity contribution >= 4 is 11.8 Å². The highest BCUT2D eigenvalue weighted by atomic mass is 32.2. The van der Waals surface area contributed by atoms with Gasteiger partial charge in [0.05, 0.1) is 12.6 Å². The summed E-state index contributed by atoms with van der Waals surface area (Å²) in [6.45, 7) is 0.834. The first kappa shape index (κ1) is 15.3. The quantitative estimate of drug-likeness (QED) is 0.851. The molecule has 0 spiro atoms. The van der Waals surface area contributed by atoms with Crippen molar-refractivity contribution in [1.29, 1.82) is 5.26 Å². The summed E-state index contributed by atoms with van der Waals surface area (Å²) < 4.78 is 28.0. The maximum absolute atomic E-state index is 14.2. The molecule has 0 atom stereocenters. The van der Waals surface area contributed by atoms with Crippen LogP contribution in [-0.4, -0.2) is 35.5 Å². The lowest BCUT2D eigenvalue weighted by molar-refractivity contribution is -0.0423. The minimum atomic E-state index is -2.84. The van der Waals surface area contributed by atoms with E-state index in [1.165, 1.54) is 23.9 Å². The zero-order chi connectivity index (χ0) is 14.6. The lowest BCUT2D eigenvalue weighted by Gasteiger charge is -2.37. The molecule has 5 heteroatoms. The van der Waals surface area contributed by atoms with Crippen LogP contribution >= 0.6 is 11.8 Å². The van der Waals surface area contributed by atoms with Crippen LogP contribution in [0.1, 0.15) is 18.4 Å². The van der Waals surface area contributed by atoms with Crippen LogP contribution in [0, 0.1) is 11.3 Å². The minimum absolute atomic E-state index is 0.0574. The second-order valence-corrected chi connectivity index (χ2v) is 6.35. The summed E-state index contributed by atoms with van der Waals surface area (Å²) in [5.74, 6) is -2.84. The van der Waals surface area contributed by atoms with Gasteiger partial charge in [-0.25, -0.2) is 0 Å². The van der Waals surface area contributed by atoms with Crippen LogP contribution in [0.3, 0.4) is 0 Å². The molecule has 1 heterocycles. The highest BCUT2D eigenvalue weighted by Gasteiger charge is 2.39. The average molecular weight is 296 g/mol. The molecule has 1 saturated heterocycles. The number of benzene rings is 1. The standard InChI is InChI=1S/C15H18F2N2S/c1-20-14(11-18)7-9-19(10-8-14)12-15(16,17)13-5-3-2-4-6-13/h2-6H,7-10,12H2,1H3. The van der Waals surface area contributed by atoms with Crippen LogP contribution in [0.4, 0.5) is 8.78 Å². The van der Waals surface area contributed by atoms with Crippen molar-refractivity contribution in [2.45, 2.75) is 23.5 Å². The van der Waals surface area contributed by atoms with Crippen molar-refractivity contribution in [3.05, 3.63) is 35.9 Å². The molecule has 1 fully saturated rings. The summed E-state index contributed by atoms with van der Waals surface area (Å²) in [5.41, 5.74) is 0.0574. The van der Waals surface area contributed by atoms with Crippen molar-refractivity contribution in [2.75, 3.05) is 25.9 Å². The third-order valence-electron chi connectivity index (χ3n) is 3.88. The summed E-state index contributed by atoms with van der Waals surface area (Å²) in [6, 6.07) is 10.3. The molecule has 0 N–H and O–H groups in total. The molecule has 1 aliphatic rings. The van der Waals surface area contributed by atoms with Crippen LogP contribution in [0.2, 0.25) is 0 Å². The summed E-state index contributed by atoms with van der Waals surface area (Å²) in [7, 11) is 0. The second kappa shape index (κ2) is 6.11. The largest absolute Gasteiger partial charge is 0.297 e. The molecule has 0 aromatic heterocycles. The normalized spacial score (nSPS) is 19.5. The number of hydrogen-bond donors (Lipinski definition) is 0. The van der Waals surface area contributed by atoms with Gasteiger partial charge >= 0.3 is 0 Å². The Balaban J connectivity index is 1.98. The van der Waals surface area contributed by atoms with E-state index in [0.717, 1.165) is 0 Å². The van der Waals surface area contributed by atoms with E-state index in [-0.39, 0.29) is 12.1 Å². The number of likely N-dealkylation sites (tertiary alicyclic amines) is 1. The minimum Gasteiger partial charge on any atom is -0.297 e. The van der Waals surface area contributed by atoms with Crippen molar-refractivity contribution in [2.24, 2.45) is 0 Å². The maximum atomic E-state index is 14.2. The van der Waals surface area contributed by atoms with Crippen molar-refractivity contribution < 1.29 is 8.78 Å². The zero-order valence-corrected chi connectivity index (χ0v) is 12.3. The molecule has 1 aliphatic heterocycles. The summed E-state index contributed by atoms with van der Waals surface area (Å²) in [4.78, 5) is 1.76. The fourth-order valence-electron chi connectivity index (χ4n) is 2.49. The Morgan fingerprint density at radius 2 is 1.90 bits per heavy atom. The molecule has 20 heavy (non-hydrogen) atoms. The third kappa shape index (κ3) is 3.31. The fraction of sp³-hybridized carbons (Fsp3) is 0.533. The molecule has 1 aromatic carbocycles. The number of thioether (sulfide) groups is 1. The fourth-order valence-corrected chi connectivity index (χ4v) is 3.17. The molecular formula is C15H18F2N2S. The first-order chi connectivity index (χ1) is 9.51. The Labute approximate surface area is 122 Å². The lowest BCUT2D eigenvalue weighted by Crippen LogP contribution is -2.45. The van der Waals surface area contributed by atoms with E-state index in [0.29, 0.717) is 25.9 Å². The van der Waals surface area contributed by atoms with E-state index < -0.39 is 10.7 Å². The number of nitrogens with zero attached hydrogens (tertiary/aromatic N) is 2. The third-order valence-corrected chi connectivity index (χ3v) is 5.16. The Bertz CT molecular complexity index is 476. The van der Waals surface area contributed by atoms with Gasteiger partial charge in [-0.15, -0.1) is 11.8 Å². The molecule has 108 valence electrons. The van der Waals surface area contributed by atoms with Gasteiger partial charge in [0.25, 0.3) is 5.92 Å². The first-order valence-electron chi connectivity index (χ1n) is 6.63. The Kier molecular flexibility index (Phi) is 4.66. The lowest BCUT2D eigenvalue weighted by atomic mass is 9.96. The van der Waals surface area contributed by atoms with Crippen molar-refractivity contribution in [1.82, 2.24) is 4.90 Å². The zero-order valence-electron chi connectivity index (χ0n) is 11.5. The van der Waals surface area contributed by atoms with E-state index in [2.05, 4.69) is 6.07 Å². The van der Waals surface area contributed by atoms with Gasteiger partial charge in [-0.1, -0.05) is 30.3 Å². The highest BCUT2D eigenvalue weighted by Crippen LogP contribution is 2.36. The average Bonchev–Trinajstić information content (AvgIpc) is 2.49. The molecule has 0 unspecified atom stereocenters. The van der Waals surface area contributed by atoms with E-state index in [4.69, 9.17) is 0 Å². The summed E-state index contributed by atoms with van der Waals surface area (Å²) >= 11 is 1.53. The SMILES string of the molecule is CSC1(C#N)CCN(CC(F)(F)c2ccccc2)CC1. The Morgan fingerprint density at radius 3 is 2.40 bits per heavy atom. The van der Waals surface area contributed by atoms with E-state index in [1.807, 2.05) is 6.26 Å². The van der Waals surface area contributed by atoms with Crippen LogP contribution in [0.25, 0.3) is 0 Å². The van der Waals surface area contributed by atoms with E-state index >= 15 is 0 Å². The molecule has 0 bridgehead atoms. The Hall–Kier alpha value is -1.12. The molecule has 0 aliphatic carbocycles. The smallest absolute Gasteiger partial charge is 0.285 e. The van der Waals surface area contributed by atoms with Crippen LogP contribution in [0.5, 0.6) is 0 Å². The Morgan fingerprint density at radius 1 is 1.30 bits per heavy atom. The number of hydrogen-bond acceptors (Lipinski definition) is 3. The van der Waals surface area contributed by atoms with Gasteiger partial charge in [0.15, 0.2) is 0 Å². The molecule has 2 nitrogen and oxygen atoms in total. The van der Waals surface area contributed by atoms with Crippen LogP contribution in [-0.2, 0) is 5.92 Å². The molecule has 0 radical (unpaired) electrons. The number of nitriles is 1. The second-order valence-electron chi connectivity index (χ2n) is 5.16. The van der Waals surface area contributed by atoms with E-state index in [9.17, 15) is 14.0 Å². The molecule has 2 rings (SSSR count). The summed E-state index contributed by atoms with van der Waals surface area (Å²) in [5, 5.41) is 9.20. The van der Waals surface area contributed by atoms with E-state index in [1.54, 1.807) is 23.1 Å². The predicted molar refractivity (Wildman–Crippen MR) is 77.9 cm³/mol. The number of alkyl halides is 2. The topological polar surface area (TPSA) is 27.0 Å². The number of piperidine rings is 1. The molecular weight excluding hydrogens is 278 g/mol. The molecule has 0 saturated carbocycles. The van der Waals surface area contributed by atoms with Gasteiger partial charge in [0.1, 0.15) is 4.75 Å². The van der Waals surface area contributed by atoms with Crippen molar-refractivity contribution in [3.63, 3.8) is 0 Å². The highest BCUT2D eigenvalue weighted by molar-refractivity contribution is 8.00. The predicted octanol–water partition coefficient (Wildman–Crippen LogP) is 3.50. The first-order valence-corrected chi connectivity index (χ1v) is 7.86. The van der Waals surface area contributed by atoms with Gasteiger partial charge in [-0.3, -0.25) is 4.90 Å². The van der Waals surface area contributed by atoms with Gasteiger partial charge in [-0.05, 0) is 19.1 Å². The summed E-state index contributed by atoms with van der Waals surface area (Å²) in [6.07, 6.45) is 3.21. The van der Waals surface area contributed by atoms with Gasteiger partial charge in [0, 0.05) is 18.7 Å². The number of halogens is 2. The van der Waals surface area contributed by atoms with Gasteiger partial charge < -0.3 is 0 Å². The van der Waals surface area contributed by atoms with Crippen LogP contribution in [0.15, 0.2) is 30.3 Å².